The van der Waals surface area contributed by atoms with Crippen molar-refractivity contribution in [3.63, 3.8) is 0 Å². The van der Waals surface area contributed by atoms with Crippen LogP contribution >= 0.6 is 0 Å². The van der Waals surface area contributed by atoms with Crippen molar-refractivity contribution in [1.29, 1.82) is 0 Å². The molecule has 3 rings (SSSR count). The van der Waals surface area contributed by atoms with E-state index in [1.807, 2.05) is 20.8 Å². The average Bonchev–Trinajstić information content (AvgIpc) is 2.84. The highest BCUT2D eigenvalue weighted by Gasteiger charge is 2.18. The highest BCUT2D eigenvalue weighted by molar-refractivity contribution is 7.92. The molecule has 0 aliphatic rings. The van der Waals surface area contributed by atoms with E-state index in [2.05, 4.69) is 20.5 Å². The van der Waals surface area contributed by atoms with Gasteiger partial charge in [-0.05, 0) is 80.5 Å². The van der Waals surface area contributed by atoms with Gasteiger partial charge in [0.15, 0.2) is 0 Å². The van der Waals surface area contributed by atoms with Crippen LogP contribution in [0.2, 0.25) is 0 Å². The Labute approximate surface area is 209 Å². The first-order valence-electron chi connectivity index (χ1n) is 10.7. The second-order valence-electron chi connectivity index (χ2n) is 8.48. The summed E-state index contributed by atoms with van der Waals surface area (Å²) in [4.78, 5) is 35.6. The van der Waals surface area contributed by atoms with E-state index in [0.29, 0.717) is 5.56 Å². The molecule has 0 aromatic heterocycles. The molecule has 0 bridgehead atoms. The van der Waals surface area contributed by atoms with Crippen molar-refractivity contribution in [2.75, 3.05) is 17.1 Å². The van der Waals surface area contributed by atoms with E-state index in [4.69, 9.17) is 5.11 Å². The molecule has 0 unspecified atom stereocenters. The molecule has 11 heteroatoms. The largest absolute Gasteiger partial charge is 0.400 e. The first-order chi connectivity index (χ1) is 17.0. The molecule has 0 atom stereocenters. The quantitative estimate of drug-likeness (QED) is 0.347. The normalized spacial score (nSPS) is 10.9. The average molecular weight is 513 g/mol. The summed E-state index contributed by atoms with van der Waals surface area (Å²) < 4.78 is 28.2. The summed E-state index contributed by atoms with van der Waals surface area (Å²) in [6.45, 7) is 5.59. The zero-order chi connectivity index (χ0) is 26.9. The number of amides is 2. The maximum atomic E-state index is 12.9. The highest BCUT2D eigenvalue weighted by atomic mass is 32.2. The number of nitrogens with one attached hydrogen (secondary N) is 3. The molecule has 190 valence electrons. The van der Waals surface area contributed by atoms with Crippen LogP contribution in [0.1, 0.15) is 41.5 Å². The van der Waals surface area contributed by atoms with E-state index in [1.54, 1.807) is 12.1 Å². The van der Waals surface area contributed by atoms with Gasteiger partial charge in [-0.1, -0.05) is 18.2 Å². The Balaban J connectivity index is 0.00000222. The van der Waals surface area contributed by atoms with Gasteiger partial charge in [0.1, 0.15) is 5.69 Å². The third-order valence-corrected chi connectivity index (χ3v) is 5.92. The van der Waals surface area contributed by atoms with Gasteiger partial charge in [-0.3, -0.25) is 14.3 Å². The Morgan fingerprint density at radius 2 is 1.47 bits per heavy atom. The predicted molar refractivity (Wildman–Crippen MR) is 139 cm³/mol. The van der Waals surface area contributed by atoms with Crippen molar-refractivity contribution in [2.24, 2.45) is 5.18 Å². The summed E-state index contributed by atoms with van der Waals surface area (Å²) in [5.74, 6) is -0.862. The Hall–Kier alpha value is -4.09. The number of nitrogens with zero attached hydrogens (tertiary/aromatic N) is 1. The van der Waals surface area contributed by atoms with Gasteiger partial charge in [0.05, 0.1) is 10.5 Å². The zero-order valence-electron chi connectivity index (χ0n) is 20.3. The summed E-state index contributed by atoms with van der Waals surface area (Å²) in [5, 5.41) is 15.2. The van der Waals surface area contributed by atoms with Crippen molar-refractivity contribution in [3.05, 3.63) is 88.8 Å². The Morgan fingerprint density at radius 1 is 0.833 bits per heavy atom. The van der Waals surface area contributed by atoms with Crippen molar-refractivity contribution < 1.29 is 23.1 Å². The second kappa shape index (κ2) is 12.0. The number of hydrogen-bond acceptors (Lipinski definition) is 7. The lowest BCUT2D eigenvalue weighted by Gasteiger charge is -2.20. The molecule has 3 aromatic rings. The standard InChI is InChI=1S/C24H24N4O5S.CH4O/c1-24(2,3)26-22(29)16-11-13-17(14-12-16)28-34(32,33)19-8-6-7-18(15-19)25-23(30)20-9-4-5-10-21(20)27-31;1-2/h4-15,28H,1-3H3,(H,25,30)(H,26,29);2H,1H3. The van der Waals surface area contributed by atoms with E-state index in [-0.39, 0.29) is 33.4 Å². The SMILES string of the molecule is CC(C)(C)NC(=O)c1ccc(NS(=O)(=O)c2cccc(NC(=O)c3ccccc3N=O)c2)cc1.CO. The number of carbonyl (C=O) groups excluding carboxylic acids is 2. The van der Waals surface area contributed by atoms with Crippen LogP contribution in [0.25, 0.3) is 0 Å². The monoisotopic (exact) mass is 512 g/mol. The van der Waals surface area contributed by atoms with E-state index in [0.717, 1.165) is 7.11 Å². The van der Waals surface area contributed by atoms with Crippen molar-refractivity contribution >= 4 is 38.9 Å². The van der Waals surface area contributed by atoms with Crippen LogP contribution in [0.15, 0.2) is 82.9 Å². The van der Waals surface area contributed by atoms with Crippen molar-refractivity contribution in [2.45, 2.75) is 31.2 Å². The first-order valence-corrected chi connectivity index (χ1v) is 12.2. The van der Waals surface area contributed by atoms with Crippen LogP contribution in [0.3, 0.4) is 0 Å². The number of aliphatic hydroxyl groups is 1. The summed E-state index contributed by atoms with van der Waals surface area (Å²) in [7, 11) is -2.98. The lowest BCUT2D eigenvalue weighted by Crippen LogP contribution is -2.40. The molecule has 10 nitrogen and oxygen atoms in total. The van der Waals surface area contributed by atoms with Crippen LogP contribution in [0.5, 0.6) is 0 Å². The smallest absolute Gasteiger partial charge is 0.261 e. The van der Waals surface area contributed by atoms with Gasteiger partial charge in [-0.25, -0.2) is 8.42 Å². The maximum Gasteiger partial charge on any atom is 0.261 e. The third kappa shape index (κ3) is 7.72. The van der Waals surface area contributed by atoms with Crippen LogP contribution in [0, 0.1) is 4.91 Å². The Kier molecular flexibility index (Phi) is 9.42. The fourth-order valence-corrected chi connectivity index (χ4v) is 4.11. The number of hydrogen-bond donors (Lipinski definition) is 4. The van der Waals surface area contributed by atoms with Gasteiger partial charge < -0.3 is 15.7 Å². The second-order valence-corrected chi connectivity index (χ2v) is 10.2. The number of carbonyl (C=O) groups is 2. The lowest BCUT2D eigenvalue weighted by atomic mass is 10.1. The number of aliphatic hydroxyl groups excluding tert-OH is 1. The first kappa shape index (κ1) is 28.1. The predicted octanol–water partition coefficient (Wildman–Crippen LogP) is 4.27. The fraction of sp³-hybridized carbons (Fsp3) is 0.200. The zero-order valence-corrected chi connectivity index (χ0v) is 21.1. The van der Waals surface area contributed by atoms with E-state index >= 15 is 0 Å². The minimum absolute atomic E-state index is 0.0231. The van der Waals surface area contributed by atoms with Crippen LogP contribution < -0.4 is 15.4 Å². The maximum absolute atomic E-state index is 12.9. The van der Waals surface area contributed by atoms with Gasteiger partial charge in [0.25, 0.3) is 21.8 Å². The van der Waals surface area contributed by atoms with Crippen LogP contribution in [-0.4, -0.2) is 38.0 Å². The highest BCUT2D eigenvalue weighted by Crippen LogP contribution is 2.23. The molecule has 2 amide bonds. The molecule has 0 radical (unpaired) electrons. The summed E-state index contributed by atoms with van der Waals surface area (Å²) >= 11 is 0. The van der Waals surface area contributed by atoms with Gasteiger partial charge >= 0.3 is 0 Å². The number of sulfonamides is 1. The van der Waals surface area contributed by atoms with Crippen LogP contribution in [0.4, 0.5) is 17.1 Å². The van der Waals surface area contributed by atoms with Crippen LogP contribution in [-0.2, 0) is 10.0 Å². The van der Waals surface area contributed by atoms with Crippen molar-refractivity contribution in [3.8, 4) is 0 Å². The van der Waals surface area contributed by atoms with E-state index < -0.39 is 21.5 Å². The minimum Gasteiger partial charge on any atom is -0.400 e. The van der Waals surface area contributed by atoms with Gasteiger partial charge in [0.2, 0.25) is 0 Å². The Bertz CT molecular complexity index is 1330. The van der Waals surface area contributed by atoms with Crippen molar-refractivity contribution in [1.82, 2.24) is 5.32 Å². The summed E-state index contributed by atoms with van der Waals surface area (Å²) in [6.07, 6.45) is 0. The Morgan fingerprint density at radius 3 is 2.08 bits per heavy atom. The molecular weight excluding hydrogens is 484 g/mol. The molecule has 0 heterocycles. The molecule has 0 saturated heterocycles. The molecule has 0 spiro atoms. The third-order valence-electron chi connectivity index (χ3n) is 4.54. The number of nitroso groups, excluding NO2 is 1. The summed E-state index contributed by atoms with van der Waals surface area (Å²) in [6, 6.07) is 17.7. The summed E-state index contributed by atoms with van der Waals surface area (Å²) in [5.41, 5.74) is 0.539. The topological polar surface area (TPSA) is 154 Å². The molecule has 0 aliphatic carbocycles. The molecule has 0 saturated carbocycles. The number of anilines is 2. The molecule has 0 aliphatic heterocycles. The minimum atomic E-state index is -3.98. The molecule has 0 fully saturated rings. The van der Waals surface area contributed by atoms with E-state index in [9.17, 15) is 22.9 Å². The molecular formula is C25H28N4O6S. The molecule has 36 heavy (non-hydrogen) atoms. The number of rotatable bonds is 7. The molecule has 4 N–H and O–H groups in total. The molecule has 3 aromatic carbocycles. The van der Waals surface area contributed by atoms with Gasteiger partial charge in [0, 0.05) is 29.6 Å². The number of benzene rings is 3. The lowest BCUT2D eigenvalue weighted by molar-refractivity contribution is 0.0919. The van der Waals surface area contributed by atoms with Gasteiger partial charge in [-0.2, -0.15) is 0 Å². The fourth-order valence-electron chi connectivity index (χ4n) is 3.00. The van der Waals surface area contributed by atoms with E-state index in [1.165, 1.54) is 60.7 Å². The van der Waals surface area contributed by atoms with Gasteiger partial charge in [-0.15, -0.1) is 4.91 Å².